The van der Waals surface area contributed by atoms with E-state index in [2.05, 4.69) is 15.9 Å². The van der Waals surface area contributed by atoms with Crippen LogP contribution in [0, 0.1) is 0 Å². The summed E-state index contributed by atoms with van der Waals surface area (Å²) in [6.45, 7) is 0.336. The van der Waals surface area contributed by atoms with Gasteiger partial charge >= 0.3 is 0 Å². The first-order chi connectivity index (χ1) is 8.99. The van der Waals surface area contributed by atoms with Crippen molar-refractivity contribution in [1.29, 1.82) is 0 Å². The lowest BCUT2D eigenvalue weighted by Crippen LogP contribution is -2.21. The minimum atomic E-state index is -0.530. The predicted octanol–water partition coefficient (Wildman–Crippen LogP) is 1.34. The van der Waals surface area contributed by atoms with Crippen LogP contribution in [0.2, 0.25) is 0 Å². The van der Waals surface area contributed by atoms with E-state index in [4.69, 9.17) is 11.5 Å². The molecule has 0 atom stereocenters. The van der Waals surface area contributed by atoms with E-state index in [0.29, 0.717) is 22.3 Å². The van der Waals surface area contributed by atoms with Gasteiger partial charge in [-0.25, -0.2) is 0 Å². The number of amides is 1. The number of nitrogens with zero attached hydrogens (tertiary/aromatic N) is 1. The van der Waals surface area contributed by atoms with Crippen molar-refractivity contribution >= 4 is 27.5 Å². The number of nitrogen functional groups attached to an aromatic ring is 1. The second-order valence-electron chi connectivity index (χ2n) is 4.07. The standard InChI is InChI=1S/C13H12BrN3O2/c14-10-2-1-5-17(13(10)19)7-9-4-3-8(12(16)18)6-11(9)15/h1-6H,7,15H2,(H2,16,18). The average molecular weight is 322 g/mol. The quantitative estimate of drug-likeness (QED) is 0.836. The second kappa shape index (κ2) is 5.27. The molecule has 1 aromatic heterocycles. The zero-order valence-electron chi connectivity index (χ0n) is 9.97. The molecule has 1 aromatic carbocycles. The molecule has 0 bridgehead atoms. The van der Waals surface area contributed by atoms with E-state index in [0.717, 1.165) is 5.56 Å². The maximum Gasteiger partial charge on any atom is 0.265 e. The third-order valence-corrected chi connectivity index (χ3v) is 3.35. The number of benzene rings is 1. The normalized spacial score (nSPS) is 10.4. The Morgan fingerprint density at radius 1 is 1.32 bits per heavy atom. The fourth-order valence-electron chi connectivity index (χ4n) is 1.71. The Bertz CT molecular complexity index is 695. The fraction of sp³-hybridized carbons (Fsp3) is 0.0769. The minimum absolute atomic E-state index is 0.138. The number of hydrogen-bond donors (Lipinski definition) is 2. The van der Waals surface area contributed by atoms with Crippen LogP contribution < -0.4 is 17.0 Å². The maximum absolute atomic E-state index is 11.9. The second-order valence-corrected chi connectivity index (χ2v) is 4.92. The number of halogens is 1. The first-order valence-corrected chi connectivity index (χ1v) is 6.31. The van der Waals surface area contributed by atoms with Crippen molar-refractivity contribution in [1.82, 2.24) is 4.57 Å². The van der Waals surface area contributed by atoms with Gasteiger partial charge < -0.3 is 16.0 Å². The van der Waals surface area contributed by atoms with Gasteiger partial charge in [0.15, 0.2) is 0 Å². The van der Waals surface area contributed by atoms with Crippen LogP contribution in [-0.4, -0.2) is 10.5 Å². The molecule has 6 heteroatoms. The van der Waals surface area contributed by atoms with Gasteiger partial charge in [0.1, 0.15) is 0 Å². The largest absolute Gasteiger partial charge is 0.398 e. The number of nitrogens with two attached hydrogens (primary N) is 2. The van der Waals surface area contributed by atoms with Crippen molar-refractivity contribution in [3.63, 3.8) is 0 Å². The summed E-state index contributed by atoms with van der Waals surface area (Å²) in [4.78, 5) is 22.9. The molecule has 2 rings (SSSR count). The molecule has 0 unspecified atom stereocenters. The molecule has 2 aromatic rings. The Kier molecular flexibility index (Phi) is 3.71. The summed E-state index contributed by atoms with van der Waals surface area (Å²) in [6.07, 6.45) is 1.68. The monoisotopic (exact) mass is 321 g/mol. The lowest BCUT2D eigenvalue weighted by molar-refractivity contribution is 0.100. The third-order valence-electron chi connectivity index (χ3n) is 2.74. The van der Waals surface area contributed by atoms with E-state index in [-0.39, 0.29) is 5.56 Å². The molecule has 0 aliphatic heterocycles. The molecule has 0 aliphatic carbocycles. The summed E-state index contributed by atoms with van der Waals surface area (Å²) in [6, 6.07) is 8.25. The molecule has 5 nitrogen and oxygen atoms in total. The Balaban J connectivity index is 2.36. The fourth-order valence-corrected chi connectivity index (χ4v) is 2.09. The summed E-state index contributed by atoms with van der Waals surface area (Å²) >= 11 is 3.18. The molecular formula is C13H12BrN3O2. The molecule has 0 fully saturated rings. The van der Waals surface area contributed by atoms with Crippen LogP contribution in [0.4, 0.5) is 5.69 Å². The number of rotatable bonds is 3. The topological polar surface area (TPSA) is 91.1 Å². The zero-order valence-corrected chi connectivity index (χ0v) is 11.6. The van der Waals surface area contributed by atoms with E-state index in [1.165, 1.54) is 10.6 Å². The third kappa shape index (κ3) is 2.85. The number of aromatic nitrogens is 1. The Hall–Kier alpha value is -2.08. The van der Waals surface area contributed by atoms with Crippen LogP contribution in [0.3, 0.4) is 0 Å². The molecule has 4 N–H and O–H groups in total. The van der Waals surface area contributed by atoms with Gasteiger partial charge in [0.2, 0.25) is 5.91 Å². The highest BCUT2D eigenvalue weighted by molar-refractivity contribution is 9.10. The molecule has 0 spiro atoms. The molecule has 19 heavy (non-hydrogen) atoms. The first kappa shape index (κ1) is 13.4. The van der Waals surface area contributed by atoms with Gasteiger partial charge in [-0.3, -0.25) is 9.59 Å². The van der Waals surface area contributed by atoms with Crippen molar-refractivity contribution in [3.05, 3.63) is 62.5 Å². The predicted molar refractivity (Wildman–Crippen MR) is 76.9 cm³/mol. The van der Waals surface area contributed by atoms with Crippen molar-refractivity contribution < 1.29 is 4.79 Å². The highest BCUT2D eigenvalue weighted by Gasteiger charge is 2.07. The molecule has 0 saturated carbocycles. The number of anilines is 1. The van der Waals surface area contributed by atoms with Gasteiger partial charge in [0.25, 0.3) is 5.56 Å². The van der Waals surface area contributed by atoms with Gasteiger partial charge in [-0.15, -0.1) is 0 Å². The SMILES string of the molecule is NC(=O)c1ccc(Cn2cccc(Br)c2=O)c(N)c1. The van der Waals surface area contributed by atoms with Crippen LogP contribution in [0.1, 0.15) is 15.9 Å². The number of carbonyl (C=O) groups is 1. The van der Waals surface area contributed by atoms with E-state index < -0.39 is 5.91 Å². The van der Waals surface area contributed by atoms with Crippen LogP contribution in [0.15, 0.2) is 45.8 Å². The highest BCUT2D eigenvalue weighted by Crippen LogP contribution is 2.15. The molecule has 0 saturated heterocycles. The average Bonchev–Trinajstić information content (AvgIpc) is 2.37. The zero-order chi connectivity index (χ0) is 14.0. The molecular weight excluding hydrogens is 310 g/mol. The molecule has 0 radical (unpaired) electrons. The Morgan fingerprint density at radius 3 is 2.68 bits per heavy atom. The van der Waals surface area contributed by atoms with Crippen molar-refractivity contribution in [3.8, 4) is 0 Å². The molecule has 1 heterocycles. The van der Waals surface area contributed by atoms with Gasteiger partial charge in [-0.05, 0) is 45.8 Å². The van der Waals surface area contributed by atoms with Gasteiger partial charge in [-0.2, -0.15) is 0 Å². The van der Waals surface area contributed by atoms with E-state index in [1.807, 2.05) is 0 Å². The highest BCUT2D eigenvalue weighted by atomic mass is 79.9. The lowest BCUT2D eigenvalue weighted by atomic mass is 10.1. The first-order valence-electron chi connectivity index (χ1n) is 5.52. The number of carbonyl (C=O) groups excluding carboxylic acids is 1. The van der Waals surface area contributed by atoms with Crippen molar-refractivity contribution in [2.75, 3.05) is 5.73 Å². The van der Waals surface area contributed by atoms with Crippen LogP contribution in [0.5, 0.6) is 0 Å². The van der Waals surface area contributed by atoms with E-state index >= 15 is 0 Å². The molecule has 1 amide bonds. The summed E-state index contributed by atoms with van der Waals surface area (Å²) in [5.74, 6) is -0.530. The summed E-state index contributed by atoms with van der Waals surface area (Å²) in [5, 5.41) is 0. The maximum atomic E-state index is 11.9. The Labute approximate surface area is 118 Å². The van der Waals surface area contributed by atoms with Gasteiger partial charge in [-0.1, -0.05) is 6.07 Å². The summed E-state index contributed by atoms with van der Waals surface area (Å²) in [7, 11) is 0. The molecule has 0 aliphatic rings. The van der Waals surface area contributed by atoms with Gasteiger partial charge in [0.05, 0.1) is 11.0 Å². The summed E-state index contributed by atoms with van der Waals surface area (Å²) in [5.41, 5.74) is 12.4. The number of pyridine rings is 1. The van der Waals surface area contributed by atoms with E-state index in [1.54, 1.807) is 30.5 Å². The molecule has 98 valence electrons. The lowest BCUT2D eigenvalue weighted by Gasteiger charge is -2.09. The Morgan fingerprint density at radius 2 is 2.05 bits per heavy atom. The number of hydrogen-bond acceptors (Lipinski definition) is 3. The minimum Gasteiger partial charge on any atom is -0.398 e. The van der Waals surface area contributed by atoms with Crippen LogP contribution >= 0.6 is 15.9 Å². The van der Waals surface area contributed by atoms with Crippen LogP contribution in [0.25, 0.3) is 0 Å². The smallest absolute Gasteiger partial charge is 0.265 e. The number of primary amides is 1. The van der Waals surface area contributed by atoms with Crippen LogP contribution in [-0.2, 0) is 6.54 Å². The van der Waals surface area contributed by atoms with Crippen molar-refractivity contribution in [2.24, 2.45) is 5.73 Å². The van der Waals surface area contributed by atoms with E-state index in [9.17, 15) is 9.59 Å². The summed E-state index contributed by atoms with van der Waals surface area (Å²) < 4.78 is 2.02. The van der Waals surface area contributed by atoms with Crippen molar-refractivity contribution in [2.45, 2.75) is 6.54 Å². The van der Waals surface area contributed by atoms with Gasteiger partial charge in [0, 0.05) is 17.4 Å².